The number of hydrogen-bond acceptors (Lipinski definition) is 4. The van der Waals surface area contributed by atoms with Gasteiger partial charge < -0.3 is 10.6 Å². The topological polar surface area (TPSA) is 68.2 Å². The van der Waals surface area contributed by atoms with Crippen molar-refractivity contribution in [2.45, 2.75) is 13.0 Å². The highest BCUT2D eigenvalue weighted by Crippen LogP contribution is 2.16. The molecule has 6 heteroatoms. The van der Waals surface area contributed by atoms with E-state index < -0.39 is 0 Å². The summed E-state index contributed by atoms with van der Waals surface area (Å²) in [7, 11) is 0. The number of nitrogens with zero attached hydrogens (tertiary/aromatic N) is 2. The van der Waals surface area contributed by atoms with Gasteiger partial charge in [0.05, 0.1) is 12.6 Å². The smallest absolute Gasteiger partial charge is 0.238 e. The molecule has 1 unspecified atom stereocenters. The summed E-state index contributed by atoms with van der Waals surface area (Å²) in [6.07, 6.45) is 0. The van der Waals surface area contributed by atoms with Gasteiger partial charge in [0, 0.05) is 25.3 Å². The molecule has 0 bridgehead atoms. The van der Waals surface area contributed by atoms with Crippen molar-refractivity contribution >= 4 is 11.6 Å². The third-order valence-electron chi connectivity index (χ3n) is 3.32. The fourth-order valence-electron chi connectivity index (χ4n) is 2.17. The lowest BCUT2D eigenvalue weighted by Crippen LogP contribution is -2.52. The second-order valence-corrected chi connectivity index (χ2v) is 4.83. The van der Waals surface area contributed by atoms with Gasteiger partial charge in [-0.1, -0.05) is 6.07 Å². The Bertz CT molecular complexity index is 540. The van der Waals surface area contributed by atoms with E-state index in [1.807, 2.05) is 4.90 Å². The van der Waals surface area contributed by atoms with Crippen molar-refractivity contribution in [3.63, 3.8) is 0 Å². The lowest BCUT2D eigenvalue weighted by Gasteiger charge is -2.31. The van der Waals surface area contributed by atoms with E-state index in [1.165, 1.54) is 12.1 Å². The predicted molar refractivity (Wildman–Crippen MR) is 73.6 cm³/mol. The molecule has 1 aliphatic heterocycles. The number of piperazine rings is 1. The Morgan fingerprint density at radius 3 is 3.20 bits per heavy atom. The number of hydrogen-bond donors (Lipinski definition) is 2. The second-order valence-electron chi connectivity index (χ2n) is 4.83. The van der Waals surface area contributed by atoms with Gasteiger partial charge in [-0.05, 0) is 24.6 Å². The standard InChI is InChI=1S/C14H17FN4O/c1-10-2-3-11(15)6-13(10)18-14(20)9-19-5-4-17-8-12(19)7-16/h2-3,6,12,17H,4-5,8-9H2,1H3,(H,18,20). The van der Waals surface area contributed by atoms with E-state index in [-0.39, 0.29) is 24.3 Å². The number of halogens is 1. The van der Waals surface area contributed by atoms with Crippen molar-refractivity contribution in [3.05, 3.63) is 29.6 Å². The minimum absolute atomic E-state index is 0.135. The number of rotatable bonds is 3. The summed E-state index contributed by atoms with van der Waals surface area (Å²) in [5, 5.41) is 14.8. The molecule has 1 heterocycles. The van der Waals surface area contributed by atoms with E-state index in [1.54, 1.807) is 13.0 Å². The molecule has 1 atom stereocenters. The van der Waals surface area contributed by atoms with Gasteiger partial charge >= 0.3 is 0 Å². The van der Waals surface area contributed by atoms with Crippen molar-refractivity contribution in [2.75, 3.05) is 31.5 Å². The molecular weight excluding hydrogens is 259 g/mol. The predicted octanol–water partition coefficient (Wildman–Crippen LogP) is 0.870. The van der Waals surface area contributed by atoms with E-state index in [0.717, 1.165) is 12.1 Å². The maximum absolute atomic E-state index is 13.2. The normalized spacial score (nSPS) is 19.4. The number of nitriles is 1. The maximum Gasteiger partial charge on any atom is 0.238 e. The van der Waals surface area contributed by atoms with Crippen LogP contribution in [0.5, 0.6) is 0 Å². The van der Waals surface area contributed by atoms with E-state index in [2.05, 4.69) is 16.7 Å². The van der Waals surface area contributed by atoms with Gasteiger partial charge in [-0.3, -0.25) is 9.69 Å². The van der Waals surface area contributed by atoms with E-state index in [4.69, 9.17) is 5.26 Å². The molecule has 5 nitrogen and oxygen atoms in total. The molecular formula is C14H17FN4O. The molecule has 1 fully saturated rings. The Morgan fingerprint density at radius 1 is 1.65 bits per heavy atom. The minimum Gasteiger partial charge on any atom is -0.325 e. The summed E-state index contributed by atoms with van der Waals surface area (Å²) in [4.78, 5) is 13.8. The summed E-state index contributed by atoms with van der Waals surface area (Å²) in [6.45, 7) is 3.90. The van der Waals surface area contributed by atoms with Gasteiger partial charge in [-0.2, -0.15) is 5.26 Å². The van der Waals surface area contributed by atoms with Crippen LogP contribution in [0, 0.1) is 24.1 Å². The fraction of sp³-hybridized carbons (Fsp3) is 0.429. The summed E-state index contributed by atoms with van der Waals surface area (Å²) < 4.78 is 13.2. The van der Waals surface area contributed by atoms with Gasteiger partial charge in [-0.15, -0.1) is 0 Å². The van der Waals surface area contributed by atoms with E-state index in [9.17, 15) is 9.18 Å². The molecule has 0 saturated carbocycles. The largest absolute Gasteiger partial charge is 0.325 e. The van der Waals surface area contributed by atoms with Crippen LogP contribution in [0.1, 0.15) is 5.56 Å². The SMILES string of the molecule is Cc1ccc(F)cc1NC(=O)CN1CCNCC1C#N. The van der Waals surface area contributed by atoms with Crippen molar-refractivity contribution in [1.29, 1.82) is 5.26 Å². The maximum atomic E-state index is 13.2. The van der Waals surface area contributed by atoms with Gasteiger partial charge in [-0.25, -0.2) is 4.39 Å². The van der Waals surface area contributed by atoms with E-state index >= 15 is 0 Å². The Kier molecular flexibility index (Phi) is 4.66. The molecule has 1 aliphatic rings. The Labute approximate surface area is 117 Å². The molecule has 0 radical (unpaired) electrons. The number of aryl methyl sites for hydroxylation is 1. The Hall–Kier alpha value is -1.97. The lowest BCUT2D eigenvalue weighted by molar-refractivity contribution is -0.117. The first kappa shape index (κ1) is 14.4. The van der Waals surface area contributed by atoms with Crippen LogP contribution in [0.3, 0.4) is 0 Å². The number of carbonyl (C=O) groups excluding carboxylic acids is 1. The van der Waals surface area contributed by atoms with Crippen LogP contribution in [0.2, 0.25) is 0 Å². The van der Waals surface area contributed by atoms with Crippen LogP contribution in [0.25, 0.3) is 0 Å². The van der Waals surface area contributed by atoms with Crippen molar-refractivity contribution < 1.29 is 9.18 Å². The average molecular weight is 276 g/mol. The number of carbonyl (C=O) groups is 1. The second kappa shape index (κ2) is 6.46. The first-order chi connectivity index (χ1) is 9.60. The first-order valence-electron chi connectivity index (χ1n) is 6.50. The highest BCUT2D eigenvalue weighted by atomic mass is 19.1. The zero-order valence-corrected chi connectivity index (χ0v) is 11.3. The number of benzene rings is 1. The van der Waals surface area contributed by atoms with Crippen LogP contribution < -0.4 is 10.6 Å². The molecule has 106 valence electrons. The fourth-order valence-corrected chi connectivity index (χ4v) is 2.17. The highest BCUT2D eigenvalue weighted by Gasteiger charge is 2.23. The van der Waals surface area contributed by atoms with Crippen LogP contribution in [0.4, 0.5) is 10.1 Å². The molecule has 20 heavy (non-hydrogen) atoms. The molecule has 0 aliphatic carbocycles. The molecule has 1 amide bonds. The average Bonchev–Trinajstić information content (AvgIpc) is 2.43. The van der Waals surface area contributed by atoms with Gasteiger partial charge in [0.2, 0.25) is 5.91 Å². The van der Waals surface area contributed by atoms with E-state index in [0.29, 0.717) is 18.8 Å². The molecule has 1 aromatic carbocycles. The highest BCUT2D eigenvalue weighted by molar-refractivity contribution is 5.93. The zero-order chi connectivity index (χ0) is 14.5. The molecule has 0 aromatic heterocycles. The number of amides is 1. The monoisotopic (exact) mass is 276 g/mol. The third kappa shape index (κ3) is 3.53. The van der Waals surface area contributed by atoms with Gasteiger partial charge in [0.25, 0.3) is 0 Å². The molecule has 1 saturated heterocycles. The molecule has 2 N–H and O–H groups in total. The molecule has 1 aromatic rings. The molecule has 2 rings (SSSR count). The Morgan fingerprint density at radius 2 is 2.45 bits per heavy atom. The third-order valence-corrected chi connectivity index (χ3v) is 3.32. The summed E-state index contributed by atoms with van der Waals surface area (Å²) in [6, 6.07) is 6.14. The quantitative estimate of drug-likeness (QED) is 0.859. The van der Waals surface area contributed by atoms with Crippen molar-refractivity contribution in [2.24, 2.45) is 0 Å². The van der Waals surface area contributed by atoms with Crippen LogP contribution in [-0.4, -0.2) is 43.0 Å². The summed E-state index contributed by atoms with van der Waals surface area (Å²) in [5.74, 6) is -0.621. The number of nitrogens with one attached hydrogen (secondary N) is 2. The minimum atomic E-state index is -0.386. The van der Waals surface area contributed by atoms with Crippen LogP contribution in [-0.2, 0) is 4.79 Å². The summed E-state index contributed by atoms with van der Waals surface area (Å²) in [5.41, 5.74) is 1.27. The van der Waals surface area contributed by atoms with Crippen molar-refractivity contribution in [3.8, 4) is 6.07 Å². The molecule has 0 spiro atoms. The zero-order valence-electron chi connectivity index (χ0n) is 11.3. The lowest BCUT2D eigenvalue weighted by atomic mass is 10.2. The first-order valence-corrected chi connectivity index (χ1v) is 6.50. The van der Waals surface area contributed by atoms with Crippen LogP contribution >= 0.6 is 0 Å². The van der Waals surface area contributed by atoms with Crippen LogP contribution in [0.15, 0.2) is 18.2 Å². The van der Waals surface area contributed by atoms with Gasteiger partial charge in [0.1, 0.15) is 11.9 Å². The van der Waals surface area contributed by atoms with Crippen molar-refractivity contribution in [1.82, 2.24) is 10.2 Å². The van der Waals surface area contributed by atoms with Gasteiger partial charge in [0.15, 0.2) is 0 Å². The Balaban J connectivity index is 1.98. The number of anilines is 1. The summed E-state index contributed by atoms with van der Waals surface area (Å²) >= 11 is 0.